The molecule has 0 aromatic heterocycles. The first-order chi connectivity index (χ1) is 5.60. The average Bonchev–Trinajstić information content (AvgIpc) is 2.02. The Hall–Kier alpha value is -0.580. The third-order valence-electron chi connectivity index (χ3n) is 1.13. The van der Waals surface area contributed by atoms with Crippen molar-refractivity contribution in [3.63, 3.8) is 0 Å². The van der Waals surface area contributed by atoms with Crippen LogP contribution in [0.5, 0.6) is 0 Å². The van der Waals surface area contributed by atoms with Crippen molar-refractivity contribution in [2.24, 2.45) is 0 Å². The topological polar surface area (TPSA) is 52.6 Å². The maximum Gasteiger partial charge on any atom is 0.309 e. The smallest absolute Gasteiger partial charge is 0.309 e. The normalized spacial score (nSPS) is 11.9. The summed E-state index contributed by atoms with van der Waals surface area (Å²) in [4.78, 5) is 21.2. The summed E-state index contributed by atoms with van der Waals surface area (Å²) in [5, 5.41) is 0.432. The van der Waals surface area contributed by atoms with E-state index in [0.717, 1.165) is 0 Å². The van der Waals surface area contributed by atoms with Gasteiger partial charge in [-0.25, -0.2) is 0 Å². The van der Waals surface area contributed by atoms with Crippen molar-refractivity contribution >= 4 is 27.9 Å². The first-order valence-electron chi connectivity index (χ1n) is 3.40. The number of rotatable bonds is 4. The predicted octanol–water partition coefficient (Wildman–Crippen LogP) is 0.876. The number of methoxy groups -OCH3 is 1. The van der Waals surface area contributed by atoms with E-state index in [1.807, 2.05) is 0 Å². The largest absolute Gasteiger partial charge is 0.469 e. The summed E-state index contributed by atoms with van der Waals surface area (Å²) < 4.78 is 9.20. The molecular weight excluding hydrogens is 228 g/mol. The Kier molecular flexibility index (Phi) is 5.70. The number of carbonyl (C=O) groups excluding carboxylic acids is 2. The molecule has 0 aromatic carbocycles. The lowest BCUT2D eigenvalue weighted by atomic mass is 10.3. The minimum absolute atomic E-state index is 0.0847. The molecule has 1 unspecified atom stereocenters. The van der Waals surface area contributed by atoms with Gasteiger partial charge in [0.15, 0.2) is 0 Å². The number of ether oxygens (including phenoxy) is 2. The van der Waals surface area contributed by atoms with Gasteiger partial charge in [-0.1, -0.05) is 15.9 Å². The van der Waals surface area contributed by atoms with Crippen molar-refractivity contribution in [3.05, 3.63) is 0 Å². The van der Waals surface area contributed by atoms with Crippen molar-refractivity contribution in [2.45, 2.75) is 19.4 Å². The van der Waals surface area contributed by atoms with Crippen molar-refractivity contribution in [2.75, 3.05) is 12.4 Å². The van der Waals surface area contributed by atoms with Gasteiger partial charge in [-0.3, -0.25) is 9.59 Å². The molecule has 0 aliphatic carbocycles. The molecule has 0 heterocycles. The van der Waals surface area contributed by atoms with E-state index >= 15 is 0 Å². The van der Waals surface area contributed by atoms with Gasteiger partial charge >= 0.3 is 11.9 Å². The lowest BCUT2D eigenvalue weighted by Crippen LogP contribution is -2.22. The molecule has 0 aliphatic heterocycles. The molecule has 1 atom stereocenters. The van der Waals surface area contributed by atoms with Gasteiger partial charge < -0.3 is 9.47 Å². The van der Waals surface area contributed by atoms with Crippen molar-refractivity contribution in [3.8, 4) is 0 Å². The van der Waals surface area contributed by atoms with Crippen LogP contribution in [0.1, 0.15) is 13.3 Å². The molecule has 0 N–H and O–H groups in total. The van der Waals surface area contributed by atoms with Gasteiger partial charge in [-0.05, 0) is 0 Å². The molecule has 0 saturated heterocycles. The number of alkyl halides is 1. The lowest BCUT2D eigenvalue weighted by Gasteiger charge is -2.11. The molecule has 12 heavy (non-hydrogen) atoms. The Morgan fingerprint density at radius 1 is 1.50 bits per heavy atom. The monoisotopic (exact) mass is 238 g/mol. The minimum Gasteiger partial charge on any atom is -0.469 e. The van der Waals surface area contributed by atoms with Crippen LogP contribution < -0.4 is 0 Å². The molecule has 0 aromatic rings. The Labute approximate surface area is 79.3 Å². The van der Waals surface area contributed by atoms with Gasteiger partial charge in [0.05, 0.1) is 13.5 Å². The van der Waals surface area contributed by atoms with Crippen LogP contribution in [-0.4, -0.2) is 30.5 Å². The van der Waals surface area contributed by atoms with E-state index < -0.39 is 12.1 Å². The van der Waals surface area contributed by atoms with E-state index in [4.69, 9.17) is 4.74 Å². The standard InChI is InChI=1S/C7H11BrO4/c1-5(9)12-6(4-8)3-7(10)11-2/h6H,3-4H2,1-2H3. The van der Waals surface area contributed by atoms with E-state index in [-0.39, 0.29) is 12.4 Å². The SMILES string of the molecule is COC(=O)CC(CBr)OC(C)=O. The summed E-state index contributed by atoms with van der Waals surface area (Å²) >= 11 is 3.12. The van der Waals surface area contributed by atoms with E-state index in [9.17, 15) is 9.59 Å². The summed E-state index contributed by atoms with van der Waals surface area (Å²) in [7, 11) is 1.29. The van der Waals surface area contributed by atoms with Crippen molar-refractivity contribution < 1.29 is 19.1 Å². The second-order valence-corrected chi connectivity index (χ2v) is 2.81. The molecule has 70 valence electrons. The van der Waals surface area contributed by atoms with Crippen LogP contribution in [0.4, 0.5) is 0 Å². The van der Waals surface area contributed by atoms with Crippen LogP contribution in [0.3, 0.4) is 0 Å². The van der Waals surface area contributed by atoms with Gasteiger partial charge in [-0.15, -0.1) is 0 Å². The molecular formula is C7H11BrO4. The Balaban J connectivity index is 3.82. The highest BCUT2D eigenvalue weighted by Crippen LogP contribution is 2.04. The zero-order chi connectivity index (χ0) is 9.56. The van der Waals surface area contributed by atoms with Crippen LogP contribution in [-0.2, 0) is 19.1 Å². The Morgan fingerprint density at radius 2 is 2.08 bits per heavy atom. The van der Waals surface area contributed by atoms with Crippen molar-refractivity contribution in [1.29, 1.82) is 0 Å². The Bertz CT molecular complexity index is 169. The molecule has 0 aliphatic rings. The van der Waals surface area contributed by atoms with Crippen molar-refractivity contribution in [1.82, 2.24) is 0 Å². The third-order valence-corrected chi connectivity index (χ3v) is 1.85. The molecule has 0 amide bonds. The number of halogens is 1. The number of hydrogen-bond acceptors (Lipinski definition) is 4. The van der Waals surface area contributed by atoms with E-state index in [1.54, 1.807) is 0 Å². The highest BCUT2D eigenvalue weighted by molar-refractivity contribution is 9.09. The van der Waals surface area contributed by atoms with Crippen LogP contribution in [0.15, 0.2) is 0 Å². The fourth-order valence-corrected chi connectivity index (χ4v) is 0.993. The molecule has 0 fully saturated rings. The van der Waals surface area contributed by atoms with Crippen LogP contribution in [0.2, 0.25) is 0 Å². The summed E-state index contributed by atoms with van der Waals surface area (Å²) in [6, 6.07) is 0. The molecule has 5 heteroatoms. The average molecular weight is 239 g/mol. The third kappa shape index (κ3) is 5.12. The zero-order valence-electron chi connectivity index (χ0n) is 7.00. The second-order valence-electron chi connectivity index (χ2n) is 2.17. The van der Waals surface area contributed by atoms with Gasteiger partial charge in [-0.2, -0.15) is 0 Å². The summed E-state index contributed by atoms with van der Waals surface area (Å²) in [6.45, 7) is 1.30. The van der Waals surface area contributed by atoms with Gasteiger partial charge in [0, 0.05) is 12.3 Å². The summed E-state index contributed by atoms with van der Waals surface area (Å²) in [6.07, 6.45) is -0.351. The Morgan fingerprint density at radius 3 is 2.42 bits per heavy atom. The fourth-order valence-electron chi connectivity index (χ4n) is 0.632. The highest BCUT2D eigenvalue weighted by Gasteiger charge is 2.15. The predicted molar refractivity (Wildman–Crippen MR) is 46.0 cm³/mol. The minimum atomic E-state index is -0.435. The highest BCUT2D eigenvalue weighted by atomic mass is 79.9. The molecule has 4 nitrogen and oxygen atoms in total. The molecule has 0 rings (SSSR count). The summed E-state index contributed by atoms with van der Waals surface area (Å²) in [5.74, 6) is -0.788. The van der Waals surface area contributed by atoms with Crippen LogP contribution in [0, 0.1) is 0 Å². The van der Waals surface area contributed by atoms with Gasteiger partial charge in [0.2, 0.25) is 0 Å². The number of carbonyl (C=O) groups is 2. The first kappa shape index (κ1) is 11.4. The van der Waals surface area contributed by atoms with E-state index in [0.29, 0.717) is 5.33 Å². The van der Waals surface area contributed by atoms with Gasteiger partial charge in [0.1, 0.15) is 6.10 Å². The quantitative estimate of drug-likeness (QED) is 0.539. The molecule has 0 saturated carbocycles. The molecule has 0 spiro atoms. The summed E-state index contributed by atoms with van der Waals surface area (Å²) in [5.41, 5.74) is 0. The maximum atomic E-state index is 10.7. The van der Waals surface area contributed by atoms with E-state index in [2.05, 4.69) is 20.7 Å². The number of hydrogen-bond donors (Lipinski definition) is 0. The van der Waals surface area contributed by atoms with Crippen LogP contribution in [0.25, 0.3) is 0 Å². The van der Waals surface area contributed by atoms with Gasteiger partial charge in [0.25, 0.3) is 0 Å². The molecule has 0 bridgehead atoms. The maximum absolute atomic E-state index is 10.7. The molecule has 0 radical (unpaired) electrons. The second kappa shape index (κ2) is 5.99. The van der Waals surface area contributed by atoms with Crippen LogP contribution >= 0.6 is 15.9 Å². The van der Waals surface area contributed by atoms with E-state index in [1.165, 1.54) is 14.0 Å². The zero-order valence-corrected chi connectivity index (χ0v) is 8.59. The lowest BCUT2D eigenvalue weighted by molar-refractivity contribution is -0.150. The fraction of sp³-hybridized carbons (Fsp3) is 0.714. The number of esters is 2. The first-order valence-corrected chi connectivity index (χ1v) is 4.52.